The molecule has 3 fully saturated rings. The van der Waals surface area contributed by atoms with Crippen molar-refractivity contribution in [2.24, 2.45) is 11.8 Å². The van der Waals surface area contributed by atoms with Gasteiger partial charge in [-0.05, 0) is 31.6 Å². The molecule has 0 spiro atoms. The zero-order valence-electron chi connectivity index (χ0n) is 11.6. The molecule has 1 N–H and O–H groups in total. The molecule has 6 nitrogen and oxygen atoms in total. The quantitative estimate of drug-likeness (QED) is 0.781. The summed E-state index contributed by atoms with van der Waals surface area (Å²) in [4.78, 5) is 37.6. The van der Waals surface area contributed by atoms with Crippen molar-refractivity contribution in [3.05, 3.63) is 0 Å². The normalized spacial score (nSPS) is 34.5. The number of barbiturate groups is 1. The first kappa shape index (κ1) is 13.5. The van der Waals surface area contributed by atoms with Crippen LogP contribution in [0.3, 0.4) is 0 Å². The Morgan fingerprint density at radius 1 is 1.25 bits per heavy atom. The van der Waals surface area contributed by atoms with Gasteiger partial charge in [-0.2, -0.15) is 0 Å². The number of carbonyl (C=O) groups is 3. The van der Waals surface area contributed by atoms with Gasteiger partial charge in [0.1, 0.15) is 5.92 Å². The maximum absolute atomic E-state index is 12.5. The molecule has 2 aliphatic heterocycles. The average Bonchev–Trinajstić information content (AvgIpc) is 3.14. The lowest BCUT2D eigenvalue weighted by Gasteiger charge is -2.36. The van der Waals surface area contributed by atoms with Crippen LogP contribution in [-0.2, 0) is 14.3 Å². The van der Waals surface area contributed by atoms with Gasteiger partial charge in [0.05, 0.1) is 12.1 Å². The van der Waals surface area contributed by atoms with Crippen molar-refractivity contribution in [2.45, 2.75) is 51.2 Å². The number of hydrogen-bond donors (Lipinski definition) is 1. The first-order valence-corrected chi connectivity index (χ1v) is 7.43. The molecule has 0 aromatic rings. The number of rotatable bonds is 4. The fourth-order valence-electron chi connectivity index (χ4n) is 3.24. The summed E-state index contributed by atoms with van der Waals surface area (Å²) in [5, 5.41) is 2.32. The van der Waals surface area contributed by atoms with Crippen LogP contribution in [0, 0.1) is 11.8 Å². The van der Waals surface area contributed by atoms with E-state index in [1.807, 2.05) is 6.92 Å². The molecule has 3 aliphatic rings. The lowest BCUT2D eigenvalue weighted by Crippen LogP contribution is -2.62. The van der Waals surface area contributed by atoms with Crippen LogP contribution >= 0.6 is 0 Å². The molecule has 6 heteroatoms. The van der Waals surface area contributed by atoms with Crippen molar-refractivity contribution in [3.8, 4) is 0 Å². The second-order valence-corrected chi connectivity index (χ2v) is 5.87. The molecule has 0 aromatic carbocycles. The monoisotopic (exact) mass is 280 g/mol. The second-order valence-electron chi connectivity index (χ2n) is 5.87. The minimum atomic E-state index is -0.724. The molecule has 110 valence electrons. The number of carbonyl (C=O) groups excluding carboxylic acids is 3. The van der Waals surface area contributed by atoms with Crippen molar-refractivity contribution in [1.29, 1.82) is 0 Å². The standard InChI is InChI=1S/C14H20N2O4/c1-2-3-9-12(17)15-14(19)16(13(9)18)10-6-7-20-11(10)8-4-5-8/h8-11H,2-7H2,1H3,(H,15,17,19). The summed E-state index contributed by atoms with van der Waals surface area (Å²) in [7, 11) is 0. The molecule has 3 atom stereocenters. The van der Waals surface area contributed by atoms with Crippen molar-refractivity contribution in [2.75, 3.05) is 6.61 Å². The van der Waals surface area contributed by atoms with Crippen LogP contribution in [0.25, 0.3) is 0 Å². The average molecular weight is 280 g/mol. The summed E-state index contributed by atoms with van der Waals surface area (Å²) < 4.78 is 5.70. The number of imide groups is 2. The zero-order chi connectivity index (χ0) is 14.3. The summed E-state index contributed by atoms with van der Waals surface area (Å²) in [6.45, 7) is 2.50. The van der Waals surface area contributed by atoms with E-state index in [2.05, 4.69) is 5.32 Å². The second kappa shape index (κ2) is 5.16. The molecule has 0 radical (unpaired) electrons. The lowest BCUT2D eigenvalue weighted by molar-refractivity contribution is -0.145. The topological polar surface area (TPSA) is 75.7 Å². The van der Waals surface area contributed by atoms with Gasteiger partial charge < -0.3 is 4.74 Å². The summed E-state index contributed by atoms with van der Waals surface area (Å²) in [5.74, 6) is -1.06. The maximum atomic E-state index is 12.5. The fourth-order valence-corrected chi connectivity index (χ4v) is 3.24. The van der Waals surface area contributed by atoms with Gasteiger partial charge in [-0.15, -0.1) is 0 Å². The van der Waals surface area contributed by atoms with Crippen LogP contribution in [0.4, 0.5) is 4.79 Å². The van der Waals surface area contributed by atoms with E-state index in [4.69, 9.17) is 4.74 Å². The molecule has 0 aromatic heterocycles. The van der Waals surface area contributed by atoms with E-state index in [1.54, 1.807) is 0 Å². The smallest absolute Gasteiger partial charge is 0.331 e. The van der Waals surface area contributed by atoms with Gasteiger partial charge in [-0.3, -0.25) is 19.8 Å². The van der Waals surface area contributed by atoms with Gasteiger partial charge in [0.2, 0.25) is 11.8 Å². The minimum Gasteiger partial charge on any atom is -0.376 e. The molecular weight excluding hydrogens is 260 g/mol. The highest BCUT2D eigenvalue weighted by Crippen LogP contribution is 2.41. The molecule has 1 aliphatic carbocycles. The van der Waals surface area contributed by atoms with Crippen LogP contribution < -0.4 is 5.32 Å². The van der Waals surface area contributed by atoms with Gasteiger partial charge in [0, 0.05) is 6.61 Å². The number of hydrogen-bond acceptors (Lipinski definition) is 4. The number of nitrogens with zero attached hydrogens (tertiary/aromatic N) is 1. The molecule has 2 saturated heterocycles. The minimum absolute atomic E-state index is 0.0415. The molecule has 0 bridgehead atoms. The van der Waals surface area contributed by atoms with E-state index in [9.17, 15) is 14.4 Å². The van der Waals surface area contributed by atoms with Crippen molar-refractivity contribution in [1.82, 2.24) is 10.2 Å². The number of amides is 4. The molecule has 20 heavy (non-hydrogen) atoms. The summed E-state index contributed by atoms with van der Waals surface area (Å²) in [6.07, 6.45) is 4.05. The highest BCUT2D eigenvalue weighted by atomic mass is 16.5. The van der Waals surface area contributed by atoms with Crippen LogP contribution in [0.2, 0.25) is 0 Å². The van der Waals surface area contributed by atoms with E-state index < -0.39 is 17.9 Å². The Kier molecular flexibility index (Phi) is 3.50. The fraction of sp³-hybridized carbons (Fsp3) is 0.786. The number of ether oxygens (including phenoxy) is 1. The van der Waals surface area contributed by atoms with Gasteiger partial charge in [-0.1, -0.05) is 13.3 Å². The highest BCUT2D eigenvalue weighted by molar-refractivity contribution is 6.16. The first-order chi connectivity index (χ1) is 9.63. The number of urea groups is 1. The van der Waals surface area contributed by atoms with Gasteiger partial charge in [-0.25, -0.2) is 4.79 Å². The Morgan fingerprint density at radius 3 is 2.65 bits per heavy atom. The molecule has 1 saturated carbocycles. The van der Waals surface area contributed by atoms with E-state index in [1.165, 1.54) is 4.90 Å². The van der Waals surface area contributed by atoms with Gasteiger partial charge in [0.25, 0.3) is 0 Å². The third-order valence-corrected chi connectivity index (χ3v) is 4.40. The van der Waals surface area contributed by atoms with Crippen LogP contribution in [-0.4, -0.2) is 41.5 Å². The molecule has 3 unspecified atom stereocenters. The summed E-state index contributed by atoms with van der Waals surface area (Å²) in [5.41, 5.74) is 0. The van der Waals surface area contributed by atoms with Crippen LogP contribution in [0.5, 0.6) is 0 Å². The Bertz CT molecular complexity index is 446. The molecule has 4 amide bonds. The van der Waals surface area contributed by atoms with Crippen LogP contribution in [0.15, 0.2) is 0 Å². The third kappa shape index (κ3) is 2.22. The number of nitrogens with one attached hydrogen (secondary N) is 1. The van der Waals surface area contributed by atoms with Gasteiger partial charge >= 0.3 is 6.03 Å². The van der Waals surface area contributed by atoms with E-state index in [0.29, 0.717) is 25.4 Å². The Morgan fingerprint density at radius 2 is 2.00 bits per heavy atom. The molecule has 2 heterocycles. The van der Waals surface area contributed by atoms with E-state index in [0.717, 1.165) is 19.3 Å². The molecular formula is C14H20N2O4. The first-order valence-electron chi connectivity index (χ1n) is 7.43. The third-order valence-electron chi connectivity index (χ3n) is 4.40. The predicted molar refractivity (Wildman–Crippen MR) is 69.7 cm³/mol. The summed E-state index contributed by atoms with van der Waals surface area (Å²) >= 11 is 0. The zero-order valence-corrected chi connectivity index (χ0v) is 11.6. The Labute approximate surface area is 117 Å². The van der Waals surface area contributed by atoms with E-state index in [-0.39, 0.29) is 18.1 Å². The Balaban J connectivity index is 1.81. The summed E-state index contributed by atoms with van der Waals surface area (Å²) in [6, 6.07) is -0.782. The largest absolute Gasteiger partial charge is 0.376 e. The SMILES string of the molecule is CCCC1C(=O)NC(=O)N(C2CCOC2C2CC2)C1=O. The van der Waals surface area contributed by atoms with Gasteiger partial charge in [0.15, 0.2) is 0 Å². The highest BCUT2D eigenvalue weighted by Gasteiger charge is 2.50. The molecule has 3 rings (SSSR count). The van der Waals surface area contributed by atoms with Crippen LogP contribution in [0.1, 0.15) is 39.0 Å². The van der Waals surface area contributed by atoms with Crippen molar-refractivity contribution in [3.63, 3.8) is 0 Å². The van der Waals surface area contributed by atoms with E-state index >= 15 is 0 Å². The van der Waals surface area contributed by atoms with Crippen molar-refractivity contribution >= 4 is 17.8 Å². The Hall–Kier alpha value is -1.43. The maximum Gasteiger partial charge on any atom is 0.331 e. The van der Waals surface area contributed by atoms with Crippen molar-refractivity contribution < 1.29 is 19.1 Å². The predicted octanol–water partition coefficient (Wildman–Crippen LogP) is 1.05. The lowest BCUT2D eigenvalue weighted by atomic mass is 9.96.